The normalized spacial score (nSPS) is 21.2. The number of benzene rings is 1. The summed E-state index contributed by atoms with van der Waals surface area (Å²) >= 11 is 0. The molecule has 2 N–H and O–H groups in total. The molecule has 6 nitrogen and oxygen atoms in total. The number of guanidine groups is 1. The van der Waals surface area contributed by atoms with Crippen LogP contribution in [0.1, 0.15) is 38.3 Å². The highest BCUT2D eigenvalue weighted by Gasteiger charge is 2.17. The van der Waals surface area contributed by atoms with Crippen LogP contribution in [-0.4, -0.2) is 82.2 Å². The standard InChI is InChI=1S/C23H40N6/c1-19(18-28-14-12-27(4)13-15-28)17-25-23(24-3)26-20(2)21-8-7-9-22(16-21)29-10-5-6-11-29/h7-9,16,19-20H,5-6,10-15,17-18H2,1-4H3,(H2,24,25,26). The molecule has 0 amide bonds. The first kappa shape index (κ1) is 21.9. The van der Waals surface area contributed by atoms with Crippen molar-refractivity contribution in [2.45, 2.75) is 32.7 Å². The smallest absolute Gasteiger partial charge is 0.191 e. The summed E-state index contributed by atoms with van der Waals surface area (Å²) in [5.41, 5.74) is 2.65. The van der Waals surface area contributed by atoms with Crippen LogP contribution in [0.4, 0.5) is 5.69 Å². The van der Waals surface area contributed by atoms with E-state index in [4.69, 9.17) is 0 Å². The molecular formula is C23H40N6. The molecule has 2 fully saturated rings. The van der Waals surface area contributed by atoms with Crippen LogP contribution in [0.2, 0.25) is 0 Å². The van der Waals surface area contributed by atoms with Crippen LogP contribution in [0.5, 0.6) is 0 Å². The number of likely N-dealkylation sites (N-methyl/N-ethyl adjacent to an activating group) is 1. The Morgan fingerprint density at radius 1 is 1.07 bits per heavy atom. The molecule has 1 aromatic carbocycles. The quantitative estimate of drug-likeness (QED) is 0.544. The summed E-state index contributed by atoms with van der Waals surface area (Å²) in [6.07, 6.45) is 2.61. The Bertz CT molecular complexity index is 647. The lowest BCUT2D eigenvalue weighted by Crippen LogP contribution is -2.47. The molecule has 6 heteroatoms. The number of hydrogen-bond donors (Lipinski definition) is 2. The number of rotatable bonds is 7. The molecule has 2 atom stereocenters. The van der Waals surface area contributed by atoms with Gasteiger partial charge in [0.15, 0.2) is 5.96 Å². The molecule has 0 aromatic heterocycles. The summed E-state index contributed by atoms with van der Waals surface area (Å²) in [4.78, 5) is 11.9. The second-order valence-electron chi connectivity index (χ2n) is 8.82. The van der Waals surface area contributed by atoms with Gasteiger partial charge in [-0.1, -0.05) is 19.1 Å². The first-order valence-corrected chi connectivity index (χ1v) is 11.3. The Morgan fingerprint density at radius 3 is 2.48 bits per heavy atom. The fourth-order valence-electron chi connectivity index (χ4n) is 4.26. The van der Waals surface area contributed by atoms with Crippen molar-refractivity contribution < 1.29 is 0 Å². The second-order valence-corrected chi connectivity index (χ2v) is 8.82. The van der Waals surface area contributed by atoms with Crippen molar-refractivity contribution in [1.82, 2.24) is 20.4 Å². The van der Waals surface area contributed by atoms with Crippen LogP contribution in [0.15, 0.2) is 29.3 Å². The molecule has 2 heterocycles. The van der Waals surface area contributed by atoms with Crippen molar-refractivity contribution in [3.63, 3.8) is 0 Å². The maximum absolute atomic E-state index is 4.45. The highest BCUT2D eigenvalue weighted by Crippen LogP contribution is 2.23. The molecule has 1 aromatic rings. The van der Waals surface area contributed by atoms with Crippen LogP contribution in [0, 0.1) is 5.92 Å². The zero-order valence-electron chi connectivity index (χ0n) is 18.8. The van der Waals surface area contributed by atoms with Gasteiger partial charge >= 0.3 is 0 Å². The molecule has 162 valence electrons. The van der Waals surface area contributed by atoms with Gasteiger partial charge in [0, 0.05) is 65.1 Å². The Hall–Kier alpha value is -1.79. The topological polar surface area (TPSA) is 46.1 Å². The molecule has 0 spiro atoms. The minimum absolute atomic E-state index is 0.219. The summed E-state index contributed by atoms with van der Waals surface area (Å²) < 4.78 is 0. The van der Waals surface area contributed by atoms with E-state index in [1.807, 2.05) is 7.05 Å². The molecule has 29 heavy (non-hydrogen) atoms. The van der Waals surface area contributed by atoms with Crippen molar-refractivity contribution in [3.05, 3.63) is 29.8 Å². The average Bonchev–Trinajstić information content (AvgIpc) is 3.27. The fourth-order valence-corrected chi connectivity index (χ4v) is 4.26. The number of nitrogens with one attached hydrogen (secondary N) is 2. The van der Waals surface area contributed by atoms with E-state index >= 15 is 0 Å². The monoisotopic (exact) mass is 400 g/mol. The van der Waals surface area contributed by atoms with E-state index in [-0.39, 0.29) is 6.04 Å². The molecule has 3 rings (SSSR count). The van der Waals surface area contributed by atoms with Crippen molar-refractivity contribution in [2.75, 3.05) is 71.4 Å². The van der Waals surface area contributed by atoms with E-state index in [0.717, 1.165) is 19.0 Å². The fraction of sp³-hybridized carbons (Fsp3) is 0.696. The molecular weight excluding hydrogens is 360 g/mol. The van der Waals surface area contributed by atoms with Gasteiger partial charge in [0.2, 0.25) is 0 Å². The first-order chi connectivity index (χ1) is 14.0. The Labute approximate surface area is 177 Å². The van der Waals surface area contributed by atoms with Crippen LogP contribution in [-0.2, 0) is 0 Å². The Kier molecular flexibility index (Phi) is 8.19. The van der Waals surface area contributed by atoms with Gasteiger partial charge in [-0.05, 0) is 50.4 Å². The third-order valence-corrected chi connectivity index (χ3v) is 6.20. The third kappa shape index (κ3) is 6.61. The highest BCUT2D eigenvalue weighted by molar-refractivity contribution is 5.80. The second kappa shape index (κ2) is 10.8. The lowest BCUT2D eigenvalue weighted by atomic mass is 10.1. The number of hydrogen-bond acceptors (Lipinski definition) is 4. The van der Waals surface area contributed by atoms with E-state index < -0.39 is 0 Å². The van der Waals surface area contributed by atoms with Gasteiger partial charge in [0.05, 0.1) is 6.04 Å². The van der Waals surface area contributed by atoms with Crippen molar-refractivity contribution in [3.8, 4) is 0 Å². The number of anilines is 1. The lowest BCUT2D eigenvalue weighted by molar-refractivity contribution is 0.139. The minimum atomic E-state index is 0.219. The van der Waals surface area contributed by atoms with Gasteiger partial charge in [0.1, 0.15) is 0 Å². The molecule has 2 aliphatic heterocycles. The zero-order valence-corrected chi connectivity index (χ0v) is 18.8. The Balaban J connectivity index is 1.46. The summed E-state index contributed by atoms with van der Waals surface area (Å²) in [7, 11) is 4.06. The zero-order chi connectivity index (χ0) is 20.6. The summed E-state index contributed by atoms with van der Waals surface area (Å²) in [5.74, 6) is 1.47. The predicted octanol–water partition coefficient (Wildman–Crippen LogP) is 2.40. The molecule has 2 unspecified atom stereocenters. The summed E-state index contributed by atoms with van der Waals surface area (Å²) in [5, 5.41) is 7.09. The van der Waals surface area contributed by atoms with E-state index in [2.05, 4.69) is 75.5 Å². The van der Waals surface area contributed by atoms with Gasteiger partial charge < -0.3 is 25.3 Å². The Morgan fingerprint density at radius 2 is 1.79 bits per heavy atom. The molecule has 0 saturated carbocycles. The van der Waals surface area contributed by atoms with Gasteiger partial charge in [0.25, 0.3) is 0 Å². The van der Waals surface area contributed by atoms with Gasteiger partial charge in [-0.2, -0.15) is 0 Å². The third-order valence-electron chi connectivity index (χ3n) is 6.20. The van der Waals surface area contributed by atoms with Gasteiger partial charge in [-0.3, -0.25) is 4.99 Å². The van der Waals surface area contributed by atoms with Crippen molar-refractivity contribution in [1.29, 1.82) is 0 Å². The van der Waals surface area contributed by atoms with Crippen molar-refractivity contribution >= 4 is 11.6 Å². The maximum atomic E-state index is 4.45. The largest absolute Gasteiger partial charge is 0.372 e. The van der Waals surface area contributed by atoms with Crippen LogP contribution < -0.4 is 15.5 Å². The van der Waals surface area contributed by atoms with Crippen LogP contribution in [0.25, 0.3) is 0 Å². The molecule has 0 aliphatic carbocycles. The van der Waals surface area contributed by atoms with Gasteiger partial charge in [-0.15, -0.1) is 0 Å². The average molecular weight is 401 g/mol. The molecule has 0 radical (unpaired) electrons. The summed E-state index contributed by atoms with van der Waals surface area (Å²) in [6.45, 7) is 13.7. The minimum Gasteiger partial charge on any atom is -0.372 e. The first-order valence-electron chi connectivity index (χ1n) is 11.3. The molecule has 0 bridgehead atoms. The molecule has 2 aliphatic rings. The highest BCUT2D eigenvalue weighted by atomic mass is 15.2. The van der Waals surface area contributed by atoms with E-state index in [0.29, 0.717) is 5.92 Å². The van der Waals surface area contributed by atoms with Crippen molar-refractivity contribution in [2.24, 2.45) is 10.9 Å². The van der Waals surface area contributed by atoms with E-state index in [1.54, 1.807) is 0 Å². The van der Waals surface area contributed by atoms with Gasteiger partial charge in [-0.25, -0.2) is 0 Å². The molecule has 2 saturated heterocycles. The maximum Gasteiger partial charge on any atom is 0.191 e. The number of piperazine rings is 1. The number of nitrogens with zero attached hydrogens (tertiary/aromatic N) is 4. The van der Waals surface area contributed by atoms with E-state index in [9.17, 15) is 0 Å². The van der Waals surface area contributed by atoms with Crippen LogP contribution in [0.3, 0.4) is 0 Å². The number of aliphatic imine (C=N–C) groups is 1. The summed E-state index contributed by atoms with van der Waals surface area (Å²) in [6, 6.07) is 9.16. The van der Waals surface area contributed by atoms with Crippen LogP contribution >= 0.6 is 0 Å². The SMILES string of the molecule is CN=C(NCC(C)CN1CCN(C)CC1)NC(C)c1cccc(N2CCCC2)c1. The predicted molar refractivity (Wildman–Crippen MR) is 124 cm³/mol. The van der Waals surface area contributed by atoms with E-state index in [1.165, 1.54) is 63.4 Å². The lowest BCUT2D eigenvalue weighted by Gasteiger charge is -2.34.